The Morgan fingerprint density at radius 3 is 2.47 bits per heavy atom. The number of rotatable bonds is 6. The third-order valence-electron chi connectivity index (χ3n) is 4.94. The molecule has 4 rings (SSSR count). The van der Waals surface area contributed by atoms with E-state index >= 15 is 0 Å². The van der Waals surface area contributed by atoms with E-state index in [9.17, 15) is 17.6 Å². The highest BCUT2D eigenvalue weighted by atomic mass is 32.2. The number of anilines is 1. The Bertz CT molecular complexity index is 1260. The van der Waals surface area contributed by atoms with Crippen LogP contribution < -0.4 is 14.2 Å². The average molecular weight is 456 g/mol. The number of hydrogen-bond donors (Lipinski definition) is 1. The van der Waals surface area contributed by atoms with E-state index in [1.165, 1.54) is 48.3 Å². The van der Waals surface area contributed by atoms with Crippen molar-refractivity contribution in [3.05, 3.63) is 83.7 Å². The van der Waals surface area contributed by atoms with Crippen LogP contribution in [0.2, 0.25) is 0 Å². The molecular weight excluding hydrogens is 435 g/mol. The fraction of sp³-hybridized carbons (Fsp3) is 0.174. The molecule has 0 aromatic heterocycles. The highest BCUT2D eigenvalue weighted by Gasteiger charge is 2.23. The lowest BCUT2D eigenvalue weighted by Crippen LogP contribution is -2.28. The highest BCUT2D eigenvalue weighted by molar-refractivity contribution is 7.92. The Labute approximate surface area is 185 Å². The van der Waals surface area contributed by atoms with Gasteiger partial charge in [-0.1, -0.05) is 30.3 Å². The van der Waals surface area contributed by atoms with Gasteiger partial charge < -0.3 is 14.4 Å². The molecule has 0 saturated heterocycles. The zero-order valence-electron chi connectivity index (χ0n) is 17.2. The molecule has 1 heterocycles. The summed E-state index contributed by atoms with van der Waals surface area (Å²) in [6.45, 7) is 0.762. The van der Waals surface area contributed by atoms with Gasteiger partial charge in [0.25, 0.3) is 15.9 Å². The number of sulfonamides is 1. The number of amides is 1. The van der Waals surface area contributed by atoms with Crippen LogP contribution in [0.5, 0.6) is 11.5 Å². The van der Waals surface area contributed by atoms with Crippen molar-refractivity contribution in [1.82, 2.24) is 4.90 Å². The van der Waals surface area contributed by atoms with E-state index in [-0.39, 0.29) is 22.7 Å². The molecule has 0 radical (unpaired) electrons. The topological polar surface area (TPSA) is 84.9 Å². The summed E-state index contributed by atoms with van der Waals surface area (Å²) in [5.74, 6) is -0.0536. The van der Waals surface area contributed by atoms with Crippen LogP contribution in [0.15, 0.2) is 71.6 Å². The minimum Gasteiger partial charge on any atom is -0.486 e. The van der Waals surface area contributed by atoms with Gasteiger partial charge in [-0.15, -0.1) is 0 Å². The fourth-order valence-electron chi connectivity index (χ4n) is 3.31. The summed E-state index contributed by atoms with van der Waals surface area (Å²) in [7, 11) is -2.48. The van der Waals surface area contributed by atoms with E-state index in [2.05, 4.69) is 4.72 Å². The van der Waals surface area contributed by atoms with Crippen LogP contribution in [0.3, 0.4) is 0 Å². The summed E-state index contributed by atoms with van der Waals surface area (Å²) < 4.78 is 53.3. The molecule has 3 aromatic rings. The first-order valence-electron chi connectivity index (χ1n) is 9.85. The van der Waals surface area contributed by atoms with Crippen LogP contribution >= 0.6 is 0 Å². The standard InChI is InChI=1S/C23H21FN2O5S/c1-26(15-16-6-2-4-8-19(16)24)23(27)18-7-3-5-9-20(18)25-32(28,29)17-10-11-21-22(14-17)31-13-12-30-21/h2-11,14,25H,12-13,15H2,1H3. The Balaban J connectivity index is 1.58. The van der Waals surface area contributed by atoms with Crippen molar-refractivity contribution in [1.29, 1.82) is 0 Å². The molecule has 0 saturated carbocycles. The molecule has 3 aromatic carbocycles. The van der Waals surface area contributed by atoms with Crippen LogP contribution in [0.25, 0.3) is 0 Å². The number of nitrogens with one attached hydrogen (secondary N) is 1. The van der Waals surface area contributed by atoms with E-state index in [1.54, 1.807) is 30.3 Å². The van der Waals surface area contributed by atoms with Gasteiger partial charge >= 0.3 is 0 Å². The lowest BCUT2D eigenvalue weighted by molar-refractivity contribution is 0.0785. The zero-order valence-corrected chi connectivity index (χ0v) is 18.1. The van der Waals surface area contributed by atoms with Crippen LogP contribution in [0, 0.1) is 5.82 Å². The number of fused-ring (bicyclic) bond motifs is 1. The predicted molar refractivity (Wildman–Crippen MR) is 117 cm³/mol. The molecule has 0 atom stereocenters. The van der Waals surface area contributed by atoms with E-state index in [0.717, 1.165) is 0 Å². The van der Waals surface area contributed by atoms with Gasteiger partial charge in [0.05, 0.1) is 16.1 Å². The van der Waals surface area contributed by atoms with Crippen LogP contribution in [-0.2, 0) is 16.6 Å². The fourth-order valence-corrected chi connectivity index (χ4v) is 4.41. The number of ether oxygens (including phenoxy) is 2. The Morgan fingerprint density at radius 2 is 1.69 bits per heavy atom. The molecule has 1 aliphatic heterocycles. The van der Waals surface area contributed by atoms with Gasteiger partial charge in [-0.2, -0.15) is 0 Å². The summed E-state index contributed by atoms with van der Waals surface area (Å²) in [6.07, 6.45) is 0. The van der Waals surface area contributed by atoms with E-state index in [1.807, 2.05) is 0 Å². The summed E-state index contributed by atoms with van der Waals surface area (Å²) >= 11 is 0. The Kier molecular flexibility index (Phi) is 6.00. The molecule has 1 aliphatic rings. The van der Waals surface area contributed by atoms with Crippen molar-refractivity contribution < 1.29 is 27.1 Å². The van der Waals surface area contributed by atoms with E-state index in [0.29, 0.717) is 30.3 Å². The Morgan fingerprint density at radius 1 is 1.00 bits per heavy atom. The second-order valence-electron chi connectivity index (χ2n) is 7.21. The third-order valence-corrected chi connectivity index (χ3v) is 6.30. The van der Waals surface area contributed by atoms with Gasteiger partial charge in [0.2, 0.25) is 0 Å². The maximum Gasteiger partial charge on any atom is 0.262 e. The monoisotopic (exact) mass is 456 g/mol. The lowest BCUT2D eigenvalue weighted by atomic mass is 10.1. The van der Waals surface area contributed by atoms with E-state index < -0.39 is 21.7 Å². The molecule has 0 unspecified atom stereocenters. The number of benzene rings is 3. The smallest absolute Gasteiger partial charge is 0.262 e. The third kappa shape index (κ3) is 4.52. The highest BCUT2D eigenvalue weighted by Crippen LogP contribution is 2.33. The second kappa shape index (κ2) is 8.88. The minimum atomic E-state index is -4.01. The van der Waals surface area contributed by atoms with Crippen molar-refractivity contribution in [2.24, 2.45) is 0 Å². The molecule has 7 nitrogen and oxygen atoms in total. The zero-order chi connectivity index (χ0) is 22.7. The molecule has 1 N–H and O–H groups in total. The number of carbonyl (C=O) groups excluding carboxylic acids is 1. The van der Waals surface area contributed by atoms with Gasteiger partial charge in [0.15, 0.2) is 11.5 Å². The molecule has 0 spiro atoms. The molecular formula is C23H21FN2O5S. The maximum absolute atomic E-state index is 14.0. The van der Waals surface area contributed by atoms with Gasteiger partial charge in [-0.25, -0.2) is 12.8 Å². The van der Waals surface area contributed by atoms with Gasteiger partial charge in [0, 0.05) is 25.2 Å². The largest absolute Gasteiger partial charge is 0.486 e. The van der Waals surface area contributed by atoms with Crippen molar-refractivity contribution in [2.45, 2.75) is 11.4 Å². The summed E-state index contributed by atoms with van der Waals surface area (Å²) in [5.41, 5.74) is 0.623. The number of nitrogens with zero attached hydrogens (tertiary/aromatic N) is 1. The Hall–Kier alpha value is -3.59. The molecule has 0 aliphatic carbocycles. The van der Waals surface area contributed by atoms with Gasteiger partial charge in [-0.05, 0) is 30.3 Å². The van der Waals surface area contributed by atoms with Crippen molar-refractivity contribution in [3.63, 3.8) is 0 Å². The molecule has 166 valence electrons. The number of hydrogen-bond acceptors (Lipinski definition) is 5. The van der Waals surface area contributed by atoms with Crippen molar-refractivity contribution in [2.75, 3.05) is 25.0 Å². The van der Waals surface area contributed by atoms with E-state index in [4.69, 9.17) is 9.47 Å². The van der Waals surface area contributed by atoms with Gasteiger partial charge in [0.1, 0.15) is 19.0 Å². The minimum absolute atomic E-state index is 0.0243. The molecule has 0 bridgehead atoms. The molecule has 9 heteroatoms. The normalized spacial score (nSPS) is 12.8. The van der Waals surface area contributed by atoms with Crippen LogP contribution in [-0.4, -0.2) is 39.5 Å². The first-order valence-corrected chi connectivity index (χ1v) is 11.3. The number of halogens is 1. The first kappa shape index (κ1) is 21.6. The summed E-state index contributed by atoms with van der Waals surface area (Å²) in [6, 6.07) is 16.8. The average Bonchev–Trinajstić information content (AvgIpc) is 2.80. The molecule has 0 fully saturated rings. The molecule has 32 heavy (non-hydrogen) atoms. The first-order chi connectivity index (χ1) is 15.3. The van der Waals surface area contributed by atoms with Gasteiger partial charge in [-0.3, -0.25) is 9.52 Å². The number of carbonyl (C=O) groups is 1. The van der Waals surface area contributed by atoms with Crippen LogP contribution in [0.1, 0.15) is 15.9 Å². The quantitative estimate of drug-likeness (QED) is 0.612. The SMILES string of the molecule is CN(Cc1ccccc1F)C(=O)c1ccccc1NS(=O)(=O)c1ccc2c(c1)OCCO2. The second-order valence-corrected chi connectivity index (χ2v) is 8.89. The molecule has 1 amide bonds. The number of para-hydroxylation sites is 1. The van der Waals surface area contributed by atoms with Crippen molar-refractivity contribution >= 4 is 21.6 Å². The predicted octanol–water partition coefficient (Wildman–Crippen LogP) is 3.67. The van der Waals surface area contributed by atoms with Crippen molar-refractivity contribution in [3.8, 4) is 11.5 Å². The summed E-state index contributed by atoms with van der Waals surface area (Å²) in [4.78, 5) is 14.3. The summed E-state index contributed by atoms with van der Waals surface area (Å²) in [5, 5.41) is 0. The lowest BCUT2D eigenvalue weighted by Gasteiger charge is -2.21. The van der Waals surface area contributed by atoms with Crippen LogP contribution in [0.4, 0.5) is 10.1 Å². The maximum atomic E-state index is 14.0.